The van der Waals surface area contributed by atoms with E-state index in [2.05, 4.69) is 70.3 Å². The van der Waals surface area contributed by atoms with Crippen LogP contribution in [-0.2, 0) is 13.0 Å². The molecule has 0 aliphatic heterocycles. The molecule has 2 nitrogen and oxygen atoms in total. The fourth-order valence-corrected chi connectivity index (χ4v) is 3.38. The molecule has 0 spiro atoms. The van der Waals surface area contributed by atoms with Gasteiger partial charge < -0.3 is 5.32 Å². The highest BCUT2D eigenvalue weighted by Crippen LogP contribution is 2.27. The maximum absolute atomic E-state index is 4.88. The van der Waals surface area contributed by atoms with Crippen molar-refractivity contribution in [1.82, 2.24) is 10.3 Å². The largest absolute Gasteiger partial charge is 0.307 e. The van der Waals surface area contributed by atoms with Gasteiger partial charge in [0.15, 0.2) is 0 Å². The van der Waals surface area contributed by atoms with E-state index >= 15 is 0 Å². The second-order valence-corrected chi connectivity index (χ2v) is 8.00. The molecule has 0 unspecified atom stereocenters. The van der Waals surface area contributed by atoms with Crippen LogP contribution in [0.4, 0.5) is 0 Å². The number of aromatic nitrogens is 1. The number of thiazole rings is 1. The van der Waals surface area contributed by atoms with Gasteiger partial charge in [-0.15, -0.1) is 11.3 Å². The fourth-order valence-electron chi connectivity index (χ4n) is 2.18. The summed E-state index contributed by atoms with van der Waals surface area (Å²) in [6, 6.07) is 10.6. The third-order valence-corrected chi connectivity index (χ3v) is 4.37. The molecule has 0 radical (unpaired) electrons. The van der Waals surface area contributed by atoms with Crippen molar-refractivity contribution < 1.29 is 0 Å². The first kappa shape index (κ1) is 16.2. The highest BCUT2D eigenvalue weighted by molar-refractivity contribution is 7.11. The van der Waals surface area contributed by atoms with Crippen LogP contribution in [0.5, 0.6) is 0 Å². The quantitative estimate of drug-likeness (QED) is 0.862. The Morgan fingerprint density at radius 2 is 1.81 bits per heavy atom. The minimum Gasteiger partial charge on any atom is -0.307 e. The van der Waals surface area contributed by atoms with E-state index in [1.165, 1.54) is 21.1 Å². The van der Waals surface area contributed by atoms with Crippen molar-refractivity contribution in [1.29, 1.82) is 0 Å². The average molecular weight is 302 g/mol. The molecular formula is C18H26N2S. The van der Waals surface area contributed by atoms with Crippen LogP contribution >= 0.6 is 11.3 Å². The summed E-state index contributed by atoms with van der Waals surface area (Å²) >= 11 is 1.85. The molecule has 0 aliphatic carbocycles. The standard InChI is InChI=1S/C18H26N2S/c1-13(2)17-15(12-19-18(3,4)5)21-16(20-17)11-14-9-7-6-8-10-14/h6-10,13,19H,11-12H2,1-5H3. The first-order chi connectivity index (χ1) is 9.85. The molecular weight excluding hydrogens is 276 g/mol. The Labute approximate surface area is 132 Å². The number of hydrogen-bond donors (Lipinski definition) is 1. The van der Waals surface area contributed by atoms with Gasteiger partial charge in [0.1, 0.15) is 0 Å². The van der Waals surface area contributed by atoms with Crippen LogP contribution in [0.25, 0.3) is 0 Å². The van der Waals surface area contributed by atoms with Gasteiger partial charge in [0.05, 0.1) is 10.7 Å². The van der Waals surface area contributed by atoms with Crippen LogP contribution in [0.3, 0.4) is 0 Å². The summed E-state index contributed by atoms with van der Waals surface area (Å²) in [6.45, 7) is 12.0. The molecule has 1 aromatic heterocycles. The maximum atomic E-state index is 4.88. The lowest BCUT2D eigenvalue weighted by Crippen LogP contribution is -2.35. The summed E-state index contributed by atoms with van der Waals surface area (Å²) in [4.78, 5) is 6.26. The molecule has 1 heterocycles. The number of rotatable bonds is 5. The Hall–Kier alpha value is -1.19. The van der Waals surface area contributed by atoms with Gasteiger partial charge in [-0.1, -0.05) is 44.2 Å². The van der Waals surface area contributed by atoms with E-state index in [1.807, 2.05) is 11.3 Å². The monoisotopic (exact) mass is 302 g/mol. The maximum Gasteiger partial charge on any atom is 0.0975 e. The van der Waals surface area contributed by atoms with E-state index in [0.717, 1.165) is 13.0 Å². The van der Waals surface area contributed by atoms with E-state index in [1.54, 1.807) is 0 Å². The van der Waals surface area contributed by atoms with E-state index in [9.17, 15) is 0 Å². The molecule has 114 valence electrons. The van der Waals surface area contributed by atoms with E-state index < -0.39 is 0 Å². The van der Waals surface area contributed by atoms with Crippen LogP contribution in [-0.4, -0.2) is 10.5 Å². The summed E-state index contributed by atoms with van der Waals surface area (Å²) in [6.07, 6.45) is 0.931. The van der Waals surface area contributed by atoms with Gasteiger partial charge in [-0.3, -0.25) is 0 Å². The molecule has 0 fully saturated rings. The molecule has 0 atom stereocenters. The zero-order valence-corrected chi connectivity index (χ0v) is 14.6. The smallest absolute Gasteiger partial charge is 0.0975 e. The molecule has 0 saturated carbocycles. The van der Waals surface area contributed by atoms with Gasteiger partial charge in [0.2, 0.25) is 0 Å². The summed E-state index contributed by atoms with van der Waals surface area (Å²) in [7, 11) is 0. The molecule has 0 bridgehead atoms. The molecule has 2 rings (SSSR count). The van der Waals surface area contributed by atoms with Crippen molar-refractivity contribution in [3.05, 3.63) is 51.5 Å². The Morgan fingerprint density at radius 1 is 1.14 bits per heavy atom. The minimum absolute atomic E-state index is 0.137. The van der Waals surface area contributed by atoms with Gasteiger partial charge in [-0.25, -0.2) is 4.98 Å². The van der Waals surface area contributed by atoms with Crippen molar-refractivity contribution in [3.63, 3.8) is 0 Å². The minimum atomic E-state index is 0.137. The second-order valence-electron chi connectivity index (χ2n) is 6.84. The number of nitrogens with one attached hydrogen (secondary N) is 1. The summed E-state index contributed by atoms with van der Waals surface area (Å²) in [5.74, 6) is 0.475. The van der Waals surface area contributed by atoms with Gasteiger partial charge in [-0.2, -0.15) is 0 Å². The highest BCUT2D eigenvalue weighted by Gasteiger charge is 2.16. The third kappa shape index (κ3) is 4.94. The molecule has 21 heavy (non-hydrogen) atoms. The van der Waals surface area contributed by atoms with Crippen molar-refractivity contribution in [2.45, 2.75) is 59.0 Å². The molecule has 1 N–H and O–H groups in total. The van der Waals surface area contributed by atoms with E-state index in [4.69, 9.17) is 4.98 Å². The number of nitrogens with zero attached hydrogens (tertiary/aromatic N) is 1. The van der Waals surface area contributed by atoms with Crippen molar-refractivity contribution in [3.8, 4) is 0 Å². The predicted octanol–water partition coefficient (Wildman–Crippen LogP) is 4.75. The topological polar surface area (TPSA) is 24.9 Å². The zero-order valence-electron chi connectivity index (χ0n) is 13.7. The van der Waals surface area contributed by atoms with E-state index in [0.29, 0.717) is 5.92 Å². The van der Waals surface area contributed by atoms with Gasteiger partial charge >= 0.3 is 0 Å². The summed E-state index contributed by atoms with van der Waals surface area (Å²) in [5, 5.41) is 4.80. The SMILES string of the molecule is CC(C)c1nc(Cc2ccccc2)sc1CNC(C)(C)C. The molecule has 0 aliphatic rings. The third-order valence-electron chi connectivity index (χ3n) is 3.30. The predicted molar refractivity (Wildman–Crippen MR) is 92.0 cm³/mol. The summed E-state index contributed by atoms with van der Waals surface area (Å²) in [5.41, 5.74) is 2.72. The Bertz CT molecular complexity index is 565. The second kappa shape index (κ2) is 6.71. The first-order valence-electron chi connectivity index (χ1n) is 7.62. The summed E-state index contributed by atoms with van der Waals surface area (Å²) < 4.78 is 0. The van der Waals surface area contributed by atoms with Gasteiger partial charge in [-0.05, 0) is 32.3 Å². The van der Waals surface area contributed by atoms with Gasteiger partial charge in [0.25, 0.3) is 0 Å². The highest BCUT2D eigenvalue weighted by atomic mass is 32.1. The molecule has 0 amide bonds. The molecule has 3 heteroatoms. The lowest BCUT2D eigenvalue weighted by molar-refractivity contribution is 0.425. The molecule has 0 saturated heterocycles. The normalized spacial score (nSPS) is 12.1. The van der Waals surface area contributed by atoms with E-state index in [-0.39, 0.29) is 5.54 Å². The van der Waals surface area contributed by atoms with Crippen molar-refractivity contribution in [2.24, 2.45) is 0 Å². The zero-order chi connectivity index (χ0) is 15.5. The number of hydrogen-bond acceptors (Lipinski definition) is 3. The Balaban J connectivity index is 2.17. The van der Waals surface area contributed by atoms with Crippen molar-refractivity contribution in [2.75, 3.05) is 0 Å². The van der Waals surface area contributed by atoms with Crippen LogP contribution in [0, 0.1) is 0 Å². The molecule has 1 aromatic carbocycles. The lowest BCUT2D eigenvalue weighted by atomic mass is 10.1. The Kier molecular flexibility index (Phi) is 5.17. The average Bonchev–Trinajstić information content (AvgIpc) is 2.80. The van der Waals surface area contributed by atoms with Gasteiger partial charge in [0, 0.05) is 23.4 Å². The molecule has 2 aromatic rings. The van der Waals surface area contributed by atoms with Crippen LogP contribution in [0.1, 0.15) is 61.7 Å². The first-order valence-corrected chi connectivity index (χ1v) is 8.44. The van der Waals surface area contributed by atoms with Crippen LogP contribution < -0.4 is 5.32 Å². The number of benzene rings is 1. The van der Waals surface area contributed by atoms with Crippen molar-refractivity contribution >= 4 is 11.3 Å². The van der Waals surface area contributed by atoms with Crippen LogP contribution in [0.2, 0.25) is 0 Å². The Morgan fingerprint density at radius 3 is 2.38 bits per heavy atom. The van der Waals surface area contributed by atoms with Crippen LogP contribution in [0.15, 0.2) is 30.3 Å². The lowest BCUT2D eigenvalue weighted by Gasteiger charge is -2.20. The fraction of sp³-hybridized carbons (Fsp3) is 0.500.